The number of aliphatic carboxylic acids is 1. The second kappa shape index (κ2) is 7.17. The number of carboxylic acid groups (broad SMARTS) is 1. The van der Waals surface area contributed by atoms with Crippen LogP contribution in [0.25, 0.3) is 0 Å². The number of likely N-dealkylation sites (tertiary alicyclic amines) is 1. The summed E-state index contributed by atoms with van der Waals surface area (Å²) in [5.41, 5.74) is 0.217. The van der Waals surface area contributed by atoms with E-state index < -0.39 is 11.4 Å². The Morgan fingerprint density at radius 2 is 2.12 bits per heavy atom. The van der Waals surface area contributed by atoms with Gasteiger partial charge in [0.05, 0.1) is 17.6 Å². The molecular weight excluding hydrogens is 332 g/mol. The first kappa shape index (κ1) is 18.5. The molecule has 3 rings (SSSR count). The predicted octanol–water partition coefficient (Wildman–Crippen LogP) is 3.43. The molecule has 6 nitrogen and oxygen atoms in total. The largest absolute Gasteiger partial charge is 0.491 e. The van der Waals surface area contributed by atoms with Crippen LogP contribution in [0.4, 0.5) is 4.79 Å². The molecule has 6 heteroatoms. The number of fused-ring (bicyclic) bond motifs is 1. The van der Waals surface area contributed by atoms with E-state index in [0.717, 1.165) is 24.2 Å². The summed E-state index contributed by atoms with van der Waals surface area (Å²) >= 11 is 0. The highest BCUT2D eigenvalue weighted by molar-refractivity contribution is 5.80. The molecule has 2 fully saturated rings. The molecule has 1 aromatic rings. The van der Waals surface area contributed by atoms with E-state index in [1.165, 1.54) is 0 Å². The van der Waals surface area contributed by atoms with Crippen LogP contribution in [-0.4, -0.2) is 41.2 Å². The summed E-state index contributed by atoms with van der Waals surface area (Å²) in [4.78, 5) is 26.1. The smallest absolute Gasteiger partial charge is 0.317 e. The van der Waals surface area contributed by atoms with Crippen molar-refractivity contribution in [3.8, 4) is 5.75 Å². The van der Waals surface area contributed by atoms with Crippen molar-refractivity contribution in [2.24, 2.45) is 11.3 Å². The van der Waals surface area contributed by atoms with Crippen molar-refractivity contribution >= 4 is 12.0 Å². The van der Waals surface area contributed by atoms with Crippen LogP contribution in [0, 0.1) is 11.3 Å². The number of amides is 2. The molecule has 142 valence electrons. The zero-order chi connectivity index (χ0) is 18.9. The molecule has 1 saturated heterocycles. The van der Waals surface area contributed by atoms with Gasteiger partial charge in [-0.1, -0.05) is 18.6 Å². The number of hydrogen-bond donors (Lipinski definition) is 2. The first-order chi connectivity index (χ1) is 12.3. The monoisotopic (exact) mass is 360 g/mol. The third kappa shape index (κ3) is 3.50. The van der Waals surface area contributed by atoms with E-state index in [2.05, 4.69) is 5.32 Å². The van der Waals surface area contributed by atoms with Crippen LogP contribution in [-0.2, 0) is 4.79 Å². The number of benzene rings is 1. The molecule has 1 saturated carbocycles. The average molecular weight is 360 g/mol. The average Bonchev–Trinajstić information content (AvgIpc) is 3.12. The van der Waals surface area contributed by atoms with Crippen LogP contribution < -0.4 is 10.1 Å². The Morgan fingerprint density at radius 3 is 2.77 bits per heavy atom. The number of carbonyl (C=O) groups is 2. The van der Waals surface area contributed by atoms with E-state index in [4.69, 9.17) is 4.74 Å². The molecule has 0 aromatic heterocycles. The first-order valence-corrected chi connectivity index (χ1v) is 9.37. The summed E-state index contributed by atoms with van der Waals surface area (Å²) in [6.45, 7) is 6.71. The van der Waals surface area contributed by atoms with Crippen molar-refractivity contribution in [3.05, 3.63) is 29.8 Å². The standard InChI is InChI=1S/C20H28N2O4/c1-13(2)26-17-8-4-6-15(10-17)14(3)21-19(25)22-11-16-7-5-9-20(16,12-22)18(23)24/h4,6,8,10,13-14,16H,5,7,9,11-12H2,1-3H3,(H,21,25)(H,23,24)/t14?,16-,20+/m0/s1. The van der Waals surface area contributed by atoms with Crippen molar-refractivity contribution in [1.29, 1.82) is 0 Å². The fraction of sp³-hybridized carbons (Fsp3) is 0.600. The number of carboxylic acids is 1. The number of hydrogen-bond acceptors (Lipinski definition) is 3. The number of urea groups is 1. The second-order valence-electron chi connectivity index (χ2n) is 7.84. The molecular formula is C20H28N2O4. The zero-order valence-corrected chi connectivity index (χ0v) is 15.7. The van der Waals surface area contributed by atoms with E-state index in [1.807, 2.05) is 45.0 Å². The van der Waals surface area contributed by atoms with Gasteiger partial charge in [-0.15, -0.1) is 0 Å². The van der Waals surface area contributed by atoms with E-state index in [-0.39, 0.29) is 24.1 Å². The maximum Gasteiger partial charge on any atom is 0.317 e. The lowest BCUT2D eigenvalue weighted by Gasteiger charge is -2.24. The summed E-state index contributed by atoms with van der Waals surface area (Å²) in [5.74, 6) is 0.0878. The molecule has 2 aliphatic rings. The van der Waals surface area contributed by atoms with Crippen molar-refractivity contribution < 1.29 is 19.4 Å². The fourth-order valence-corrected chi connectivity index (χ4v) is 4.28. The molecule has 3 atom stereocenters. The molecule has 2 amide bonds. The van der Waals surface area contributed by atoms with Gasteiger partial charge in [-0.25, -0.2) is 4.79 Å². The number of nitrogens with zero attached hydrogens (tertiary/aromatic N) is 1. The molecule has 1 heterocycles. The van der Waals surface area contributed by atoms with E-state index >= 15 is 0 Å². The summed E-state index contributed by atoms with van der Waals surface area (Å²) in [5, 5.41) is 12.7. The van der Waals surface area contributed by atoms with Crippen molar-refractivity contribution in [2.75, 3.05) is 13.1 Å². The van der Waals surface area contributed by atoms with Gasteiger partial charge in [0, 0.05) is 13.1 Å². The van der Waals surface area contributed by atoms with Gasteiger partial charge < -0.3 is 20.1 Å². The van der Waals surface area contributed by atoms with Crippen LogP contribution in [0.1, 0.15) is 51.6 Å². The third-order valence-corrected chi connectivity index (χ3v) is 5.65. The maximum atomic E-state index is 12.7. The predicted molar refractivity (Wildman–Crippen MR) is 98.1 cm³/mol. The highest BCUT2D eigenvalue weighted by Crippen LogP contribution is 2.48. The van der Waals surface area contributed by atoms with Gasteiger partial charge in [0.2, 0.25) is 0 Å². The highest BCUT2D eigenvalue weighted by atomic mass is 16.5. The highest BCUT2D eigenvalue weighted by Gasteiger charge is 2.55. The van der Waals surface area contributed by atoms with Gasteiger partial charge in [-0.05, 0) is 57.2 Å². The van der Waals surface area contributed by atoms with Crippen molar-refractivity contribution in [1.82, 2.24) is 10.2 Å². The van der Waals surface area contributed by atoms with Crippen LogP contribution in [0.2, 0.25) is 0 Å². The molecule has 0 spiro atoms. The van der Waals surface area contributed by atoms with Crippen molar-refractivity contribution in [2.45, 2.75) is 52.2 Å². The summed E-state index contributed by atoms with van der Waals surface area (Å²) in [6.07, 6.45) is 2.58. The van der Waals surface area contributed by atoms with Gasteiger partial charge in [-0.2, -0.15) is 0 Å². The SMILES string of the molecule is CC(C)Oc1cccc(C(C)NC(=O)N2C[C@@H]3CCC[C@@]3(C(=O)O)C2)c1. The Bertz CT molecular complexity index is 690. The van der Waals surface area contributed by atoms with Crippen LogP contribution in [0.5, 0.6) is 5.75 Å². The van der Waals surface area contributed by atoms with Crippen molar-refractivity contribution in [3.63, 3.8) is 0 Å². The molecule has 1 aromatic carbocycles. The van der Waals surface area contributed by atoms with E-state index in [0.29, 0.717) is 19.5 Å². The van der Waals surface area contributed by atoms with Gasteiger partial charge in [0.25, 0.3) is 0 Å². The van der Waals surface area contributed by atoms with Crippen LogP contribution in [0.3, 0.4) is 0 Å². The van der Waals surface area contributed by atoms with Gasteiger partial charge in [0.15, 0.2) is 0 Å². The lowest BCUT2D eigenvalue weighted by molar-refractivity contribution is -0.149. The minimum absolute atomic E-state index is 0.0730. The number of carbonyl (C=O) groups excluding carboxylic acids is 1. The van der Waals surface area contributed by atoms with Gasteiger partial charge in [0.1, 0.15) is 5.75 Å². The van der Waals surface area contributed by atoms with Gasteiger partial charge >= 0.3 is 12.0 Å². The molecule has 0 bridgehead atoms. The Hall–Kier alpha value is -2.24. The zero-order valence-electron chi connectivity index (χ0n) is 15.7. The number of ether oxygens (including phenoxy) is 1. The molecule has 1 unspecified atom stereocenters. The molecule has 1 aliphatic carbocycles. The van der Waals surface area contributed by atoms with E-state index in [1.54, 1.807) is 4.90 Å². The normalized spacial score (nSPS) is 25.8. The Balaban J connectivity index is 1.64. The lowest BCUT2D eigenvalue weighted by atomic mass is 9.81. The lowest BCUT2D eigenvalue weighted by Crippen LogP contribution is -2.42. The van der Waals surface area contributed by atoms with E-state index in [9.17, 15) is 14.7 Å². The fourth-order valence-electron chi connectivity index (χ4n) is 4.28. The molecule has 26 heavy (non-hydrogen) atoms. The van der Waals surface area contributed by atoms with Crippen LogP contribution >= 0.6 is 0 Å². The summed E-state index contributed by atoms with van der Waals surface area (Å²) < 4.78 is 5.71. The third-order valence-electron chi connectivity index (χ3n) is 5.65. The summed E-state index contributed by atoms with van der Waals surface area (Å²) in [6, 6.07) is 7.33. The Labute approximate surface area is 154 Å². The topological polar surface area (TPSA) is 78.9 Å². The quantitative estimate of drug-likeness (QED) is 0.843. The minimum atomic E-state index is -0.762. The maximum absolute atomic E-state index is 12.7. The Morgan fingerprint density at radius 1 is 1.35 bits per heavy atom. The summed E-state index contributed by atoms with van der Waals surface area (Å²) in [7, 11) is 0. The number of rotatable bonds is 5. The molecule has 0 radical (unpaired) electrons. The minimum Gasteiger partial charge on any atom is -0.491 e. The second-order valence-corrected chi connectivity index (χ2v) is 7.84. The van der Waals surface area contributed by atoms with Crippen LogP contribution in [0.15, 0.2) is 24.3 Å². The molecule has 2 N–H and O–H groups in total. The molecule has 1 aliphatic heterocycles. The first-order valence-electron chi connectivity index (χ1n) is 9.37. The Kier molecular flexibility index (Phi) is 5.12. The number of nitrogens with one attached hydrogen (secondary N) is 1. The van der Waals surface area contributed by atoms with Gasteiger partial charge in [-0.3, -0.25) is 4.79 Å².